The van der Waals surface area contributed by atoms with E-state index in [9.17, 15) is 14.7 Å². The van der Waals surface area contributed by atoms with E-state index in [1.54, 1.807) is 30.3 Å². The minimum atomic E-state index is -0.543. The number of piperazine rings is 1. The van der Waals surface area contributed by atoms with Gasteiger partial charge >= 0.3 is 0 Å². The summed E-state index contributed by atoms with van der Waals surface area (Å²) in [6, 6.07) is 25.3. The summed E-state index contributed by atoms with van der Waals surface area (Å²) in [5.74, 6) is -0.459. The summed E-state index contributed by atoms with van der Waals surface area (Å²) < 4.78 is 2.03. The highest BCUT2D eigenvalue weighted by molar-refractivity contribution is 6.41. The first-order chi connectivity index (χ1) is 18.1. The summed E-state index contributed by atoms with van der Waals surface area (Å²) >= 11 is 0. The van der Waals surface area contributed by atoms with Crippen molar-refractivity contribution in [2.24, 2.45) is 0 Å². The van der Waals surface area contributed by atoms with Crippen molar-refractivity contribution in [3.05, 3.63) is 107 Å². The molecule has 1 aliphatic carbocycles. The summed E-state index contributed by atoms with van der Waals surface area (Å²) in [7, 11) is 0. The molecule has 2 aliphatic rings. The highest BCUT2D eigenvalue weighted by Crippen LogP contribution is 2.30. The molecule has 1 saturated heterocycles. The van der Waals surface area contributed by atoms with Crippen LogP contribution in [-0.2, 0) is 6.54 Å². The zero-order valence-electron chi connectivity index (χ0n) is 20.6. The van der Waals surface area contributed by atoms with Crippen molar-refractivity contribution < 1.29 is 14.7 Å². The molecule has 1 atom stereocenters. The van der Waals surface area contributed by atoms with Crippen LogP contribution in [0.5, 0.6) is 0 Å². The van der Waals surface area contributed by atoms with Gasteiger partial charge in [-0.1, -0.05) is 60.7 Å². The van der Waals surface area contributed by atoms with E-state index in [0.717, 1.165) is 42.6 Å². The highest BCUT2D eigenvalue weighted by atomic mass is 16.3. The van der Waals surface area contributed by atoms with E-state index in [-0.39, 0.29) is 17.1 Å². The first-order valence-electron chi connectivity index (χ1n) is 12.8. The number of aliphatic hydroxyl groups is 1. The van der Waals surface area contributed by atoms with E-state index >= 15 is 0 Å². The lowest BCUT2D eigenvalue weighted by molar-refractivity contribution is 0.0958. The van der Waals surface area contributed by atoms with Crippen LogP contribution >= 0.6 is 0 Å². The molecule has 0 radical (unpaired) electrons. The van der Waals surface area contributed by atoms with E-state index in [2.05, 4.69) is 34.1 Å². The van der Waals surface area contributed by atoms with E-state index in [4.69, 9.17) is 0 Å². The van der Waals surface area contributed by atoms with Gasteiger partial charge in [0.05, 0.1) is 11.7 Å². The smallest absolute Gasteiger partial charge is 0.197 e. The second-order valence-corrected chi connectivity index (χ2v) is 9.79. The molecule has 1 unspecified atom stereocenters. The van der Waals surface area contributed by atoms with Crippen LogP contribution in [0, 0.1) is 0 Å². The number of β-amino-alcohol motifs (C(OH)–C–C–N with tert-alkyl or cyclic N) is 1. The van der Waals surface area contributed by atoms with E-state index < -0.39 is 6.10 Å². The summed E-state index contributed by atoms with van der Waals surface area (Å²) in [5.41, 5.74) is 4.14. The Hall–Kier alpha value is -4.00. The number of ketones is 2. The van der Waals surface area contributed by atoms with Crippen LogP contribution in [0.25, 0.3) is 17.0 Å². The van der Waals surface area contributed by atoms with Crippen LogP contribution < -0.4 is 4.90 Å². The maximum Gasteiger partial charge on any atom is 0.197 e. The molecule has 0 spiro atoms. The minimum Gasteiger partial charge on any atom is -0.390 e. The third-order valence-corrected chi connectivity index (χ3v) is 7.39. The Bertz CT molecular complexity index is 1460. The minimum absolute atomic E-state index is 0.195. The summed E-state index contributed by atoms with van der Waals surface area (Å²) in [5, 5.41) is 11.9. The summed E-state index contributed by atoms with van der Waals surface area (Å²) in [4.78, 5) is 30.5. The van der Waals surface area contributed by atoms with Gasteiger partial charge in [-0.25, -0.2) is 0 Å². The van der Waals surface area contributed by atoms with Crippen molar-refractivity contribution in [1.82, 2.24) is 9.47 Å². The topological polar surface area (TPSA) is 65.8 Å². The fourth-order valence-corrected chi connectivity index (χ4v) is 5.51. The Kier molecular flexibility index (Phi) is 6.20. The number of para-hydroxylation sites is 2. The van der Waals surface area contributed by atoms with Gasteiger partial charge in [-0.05, 0) is 24.3 Å². The first-order valence-corrected chi connectivity index (χ1v) is 12.8. The van der Waals surface area contributed by atoms with Crippen LogP contribution in [0.15, 0.2) is 90.6 Å². The average molecular weight is 492 g/mol. The SMILES string of the molecule is O=C1C(=Cc2cn(CC(O)CN3CCN(c4ccccc4)CC3)c3ccccc23)C(=O)c2ccccc21. The number of aliphatic hydroxyl groups excluding tert-OH is 1. The number of fused-ring (bicyclic) bond motifs is 2. The molecular formula is C31H29N3O3. The monoisotopic (exact) mass is 491 g/mol. The van der Waals surface area contributed by atoms with Gasteiger partial charge in [-0.15, -0.1) is 0 Å². The number of nitrogens with zero attached hydrogens (tertiary/aromatic N) is 3. The zero-order chi connectivity index (χ0) is 25.4. The van der Waals surface area contributed by atoms with Crippen molar-refractivity contribution in [3.63, 3.8) is 0 Å². The molecule has 4 aromatic rings. The number of rotatable bonds is 6. The van der Waals surface area contributed by atoms with Gasteiger partial charge < -0.3 is 14.6 Å². The standard InChI is InChI=1S/C31H29N3O3/c35-24(20-32-14-16-33(17-15-32)23-8-2-1-3-9-23)21-34-19-22(25-10-6-7-13-29(25)34)18-28-30(36)26-11-4-5-12-27(26)31(28)37/h1-13,18-19,24,35H,14-17,20-21H2. The molecule has 6 rings (SSSR count). The number of carbonyl (C=O) groups excluding carboxylic acids is 2. The lowest BCUT2D eigenvalue weighted by atomic mass is 10.1. The molecule has 0 saturated carbocycles. The van der Waals surface area contributed by atoms with E-state index in [0.29, 0.717) is 24.2 Å². The van der Waals surface area contributed by atoms with Crippen molar-refractivity contribution in [1.29, 1.82) is 0 Å². The molecule has 3 aromatic carbocycles. The Morgan fingerprint density at radius 2 is 1.38 bits per heavy atom. The molecule has 1 fully saturated rings. The molecule has 0 bridgehead atoms. The largest absolute Gasteiger partial charge is 0.390 e. The maximum atomic E-state index is 12.9. The third kappa shape index (κ3) is 4.50. The van der Waals surface area contributed by atoms with Crippen molar-refractivity contribution in [2.75, 3.05) is 37.6 Å². The number of Topliss-reactive ketones (excluding diaryl/α,β-unsaturated/α-hetero) is 2. The van der Waals surface area contributed by atoms with Gasteiger partial charge in [0.15, 0.2) is 11.6 Å². The van der Waals surface area contributed by atoms with E-state index in [1.165, 1.54) is 5.69 Å². The summed E-state index contributed by atoms with van der Waals surface area (Å²) in [6.45, 7) is 4.71. The lowest BCUT2D eigenvalue weighted by Crippen LogP contribution is -2.49. The zero-order valence-corrected chi connectivity index (χ0v) is 20.6. The quantitative estimate of drug-likeness (QED) is 0.322. The van der Waals surface area contributed by atoms with Crippen LogP contribution in [0.4, 0.5) is 5.69 Å². The van der Waals surface area contributed by atoms with Gasteiger partial charge in [-0.2, -0.15) is 0 Å². The average Bonchev–Trinajstić information content (AvgIpc) is 3.40. The Morgan fingerprint density at radius 1 is 0.757 bits per heavy atom. The highest BCUT2D eigenvalue weighted by Gasteiger charge is 2.32. The number of hydrogen-bond donors (Lipinski definition) is 1. The van der Waals surface area contributed by atoms with Crippen LogP contribution in [0.1, 0.15) is 26.3 Å². The number of hydrogen-bond acceptors (Lipinski definition) is 5. The molecule has 1 aromatic heterocycles. The van der Waals surface area contributed by atoms with Gasteiger partial charge in [0.25, 0.3) is 0 Å². The molecule has 1 N–H and O–H groups in total. The molecule has 2 heterocycles. The molecular weight excluding hydrogens is 462 g/mol. The normalized spacial score (nSPS) is 16.9. The van der Waals surface area contributed by atoms with Crippen molar-refractivity contribution >= 4 is 34.2 Å². The molecule has 186 valence electrons. The number of aromatic nitrogens is 1. The fraction of sp³-hybridized carbons (Fsp3) is 0.226. The predicted octanol–water partition coefficient (Wildman–Crippen LogP) is 4.29. The van der Waals surface area contributed by atoms with Crippen LogP contribution in [0.2, 0.25) is 0 Å². The first kappa shape index (κ1) is 23.4. The number of benzene rings is 3. The Morgan fingerprint density at radius 3 is 2.08 bits per heavy atom. The maximum absolute atomic E-state index is 12.9. The van der Waals surface area contributed by atoms with Crippen LogP contribution in [0.3, 0.4) is 0 Å². The van der Waals surface area contributed by atoms with Crippen molar-refractivity contribution in [2.45, 2.75) is 12.6 Å². The van der Waals surface area contributed by atoms with Gasteiger partial charge in [0.1, 0.15) is 0 Å². The Labute approximate surface area is 216 Å². The van der Waals surface area contributed by atoms with Gasteiger partial charge in [-0.3, -0.25) is 14.5 Å². The fourth-order valence-electron chi connectivity index (χ4n) is 5.51. The molecule has 1 aliphatic heterocycles. The molecule has 6 heteroatoms. The Balaban J connectivity index is 1.17. The van der Waals surface area contributed by atoms with Gasteiger partial charge in [0, 0.05) is 78.7 Å². The van der Waals surface area contributed by atoms with Crippen molar-refractivity contribution in [3.8, 4) is 0 Å². The lowest BCUT2D eigenvalue weighted by Gasteiger charge is -2.37. The predicted molar refractivity (Wildman–Crippen MR) is 146 cm³/mol. The summed E-state index contributed by atoms with van der Waals surface area (Å²) in [6.07, 6.45) is 3.11. The second-order valence-electron chi connectivity index (χ2n) is 9.79. The number of allylic oxidation sites excluding steroid dienone is 1. The molecule has 0 amide bonds. The van der Waals surface area contributed by atoms with Crippen LogP contribution in [-0.4, -0.2) is 65.0 Å². The number of carbonyl (C=O) groups is 2. The second kappa shape index (κ2) is 9.81. The van der Waals surface area contributed by atoms with E-state index in [1.807, 2.05) is 41.1 Å². The molecule has 6 nitrogen and oxygen atoms in total. The molecule has 37 heavy (non-hydrogen) atoms. The number of anilines is 1. The third-order valence-electron chi connectivity index (χ3n) is 7.39. The van der Waals surface area contributed by atoms with Gasteiger partial charge in [0.2, 0.25) is 0 Å².